The largest absolute Gasteiger partial charge is 0.429 e. The second-order valence-corrected chi connectivity index (χ2v) is 3.90. The second-order valence-electron chi connectivity index (χ2n) is 3.90. The first-order chi connectivity index (χ1) is 5.97. The van der Waals surface area contributed by atoms with E-state index in [1.165, 1.54) is 0 Å². The number of carbonyl (C=O) groups excluding carboxylic acids is 1. The molecule has 0 spiro atoms. The Hall–Kier alpha value is -0.830. The van der Waals surface area contributed by atoms with Crippen molar-refractivity contribution in [1.82, 2.24) is 0 Å². The van der Waals surface area contributed by atoms with Gasteiger partial charge in [0.1, 0.15) is 0 Å². The van der Waals surface area contributed by atoms with Crippen LogP contribution in [0.25, 0.3) is 0 Å². The Balaban J connectivity index is 2.72. The topological polar surface area (TPSA) is 35.5 Å². The molecule has 1 fully saturated rings. The van der Waals surface area contributed by atoms with Gasteiger partial charge in [-0.25, -0.2) is 4.79 Å². The van der Waals surface area contributed by atoms with E-state index < -0.39 is 11.8 Å². The molecule has 3 heteroatoms. The van der Waals surface area contributed by atoms with Crippen molar-refractivity contribution in [2.75, 3.05) is 6.61 Å². The first kappa shape index (κ1) is 10.3. The van der Waals surface area contributed by atoms with Crippen LogP contribution in [0, 0.1) is 5.41 Å². The molecule has 1 unspecified atom stereocenters. The van der Waals surface area contributed by atoms with Crippen LogP contribution in [-0.4, -0.2) is 18.4 Å². The van der Waals surface area contributed by atoms with Gasteiger partial charge in [0.2, 0.25) is 5.79 Å². The molecule has 0 saturated carbocycles. The lowest BCUT2D eigenvalue weighted by Gasteiger charge is -2.53. The van der Waals surface area contributed by atoms with Gasteiger partial charge in [0, 0.05) is 12.5 Å². The van der Waals surface area contributed by atoms with E-state index in [0.717, 1.165) is 6.08 Å². The highest BCUT2D eigenvalue weighted by Crippen LogP contribution is 2.47. The van der Waals surface area contributed by atoms with Gasteiger partial charge in [-0.3, -0.25) is 0 Å². The minimum atomic E-state index is -0.738. The van der Waals surface area contributed by atoms with E-state index in [2.05, 4.69) is 6.58 Å². The lowest BCUT2D eigenvalue weighted by Crippen LogP contribution is -2.62. The van der Waals surface area contributed by atoms with Gasteiger partial charge in [-0.2, -0.15) is 0 Å². The Labute approximate surface area is 78.7 Å². The van der Waals surface area contributed by atoms with Crippen LogP contribution >= 0.6 is 0 Å². The Morgan fingerprint density at radius 1 is 1.69 bits per heavy atom. The Morgan fingerprint density at radius 2 is 2.31 bits per heavy atom. The van der Waals surface area contributed by atoms with E-state index >= 15 is 0 Å². The number of carbonyl (C=O) groups is 1. The summed E-state index contributed by atoms with van der Waals surface area (Å²) in [6.45, 7) is 9.98. The number of ether oxygens (including phenoxy) is 2. The molecule has 0 radical (unpaired) electrons. The van der Waals surface area contributed by atoms with Crippen LogP contribution < -0.4 is 0 Å². The van der Waals surface area contributed by atoms with E-state index in [9.17, 15) is 4.79 Å². The Morgan fingerprint density at radius 3 is 2.54 bits per heavy atom. The third kappa shape index (κ3) is 1.48. The molecule has 0 aromatic rings. The van der Waals surface area contributed by atoms with Crippen molar-refractivity contribution in [3.63, 3.8) is 0 Å². The van der Waals surface area contributed by atoms with Crippen LogP contribution in [0.15, 0.2) is 12.7 Å². The normalized spacial score (nSPS) is 30.4. The quantitative estimate of drug-likeness (QED) is 0.496. The monoisotopic (exact) mass is 184 g/mol. The highest BCUT2D eigenvalue weighted by atomic mass is 16.7. The van der Waals surface area contributed by atoms with Gasteiger partial charge in [0.25, 0.3) is 0 Å². The van der Waals surface area contributed by atoms with Gasteiger partial charge < -0.3 is 9.47 Å². The third-order valence-electron chi connectivity index (χ3n) is 2.59. The molecule has 1 rings (SSSR count). The fourth-order valence-electron chi connectivity index (χ4n) is 1.55. The number of hydrogen-bond acceptors (Lipinski definition) is 3. The van der Waals surface area contributed by atoms with Crippen molar-refractivity contribution in [2.24, 2.45) is 5.41 Å². The smallest absolute Gasteiger partial charge is 0.332 e. The van der Waals surface area contributed by atoms with Crippen LogP contribution in [-0.2, 0) is 14.3 Å². The highest BCUT2D eigenvalue weighted by Gasteiger charge is 2.56. The van der Waals surface area contributed by atoms with Crippen molar-refractivity contribution < 1.29 is 14.3 Å². The third-order valence-corrected chi connectivity index (χ3v) is 2.59. The maximum Gasteiger partial charge on any atom is 0.332 e. The summed E-state index contributed by atoms with van der Waals surface area (Å²) in [5.41, 5.74) is -0.0968. The van der Waals surface area contributed by atoms with Crippen LogP contribution in [0.2, 0.25) is 0 Å². The van der Waals surface area contributed by atoms with Crippen molar-refractivity contribution in [3.05, 3.63) is 12.7 Å². The van der Waals surface area contributed by atoms with Gasteiger partial charge >= 0.3 is 5.97 Å². The van der Waals surface area contributed by atoms with Gasteiger partial charge in [0.05, 0.1) is 12.0 Å². The molecular formula is C10H16O3. The molecule has 0 aliphatic carbocycles. The second kappa shape index (κ2) is 3.14. The van der Waals surface area contributed by atoms with Crippen molar-refractivity contribution >= 4 is 5.97 Å². The summed E-state index contributed by atoms with van der Waals surface area (Å²) in [4.78, 5) is 11.0. The van der Waals surface area contributed by atoms with Crippen LogP contribution in [0.4, 0.5) is 0 Å². The zero-order valence-electron chi connectivity index (χ0n) is 8.42. The fraction of sp³-hybridized carbons (Fsp3) is 0.700. The molecule has 0 amide bonds. The van der Waals surface area contributed by atoms with E-state index in [0.29, 0.717) is 13.0 Å². The molecule has 0 aromatic heterocycles. The van der Waals surface area contributed by atoms with E-state index in [1.807, 2.05) is 20.8 Å². The standard InChI is InChI=1S/C10H16O3/c1-5-8(11)13-10(6-2)9(3,4)7-12-10/h5H,1,6-7H2,2-4H3. The number of hydrogen-bond donors (Lipinski definition) is 0. The van der Waals surface area contributed by atoms with Crippen LogP contribution in [0.5, 0.6) is 0 Å². The summed E-state index contributed by atoms with van der Waals surface area (Å²) in [5.74, 6) is -1.16. The summed E-state index contributed by atoms with van der Waals surface area (Å²) in [5, 5.41) is 0. The minimum Gasteiger partial charge on any atom is -0.429 e. The van der Waals surface area contributed by atoms with Crippen LogP contribution in [0.3, 0.4) is 0 Å². The molecule has 1 heterocycles. The molecule has 74 valence electrons. The van der Waals surface area contributed by atoms with Gasteiger partial charge in [-0.15, -0.1) is 0 Å². The zero-order chi connectivity index (χ0) is 10.1. The zero-order valence-corrected chi connectivity index (χ0v) is 8.42. The molecule has 0 N–H and O–H groups in total. The summed E-state index contributed by atoms with van der Waals surface area (Å²) < 4.78 is 10.6. The Bertz CT molecular complexity index is 228. The average Bonchev–Trinajstić information content (AvgIpc) is 2.11. The molecule has 1 saturated heterocycles. The first-order valence-corrected chi connectivity index (χ1v) is 4.47. The van der Waals surface area contributed by atoms with Crippen molar-refractivity contribution in [3.8, 4) is 0 Å². The molecule has 0 bridgehead atoms. The average molecular weight is 184 g/mol. The van der Waals surface area contributed by atoms with Crippen molar-refractivity contribution in [1.29, 1.82) is 0 Å². The van der Waals surface area contributed by atoms with E-state index in [-0.39, 0.29) is 5.41 Å². The predicted molar refractivity (Wildman–Crippen MR) is 49.0 cm³/mol. The van der Waals surface area contributed by atoms with Gasteiger partial charge in [-0.1, -0.05) is 27.4 Å². The fourth-order valence-corrected chi connectivity index (χ4v) is 1.55. The molecule has 1 aliphatic rings. The summed E-state index contributed by atoms with van der Waals surface area (Å²) in [6.07, 6.45) is 1.83. The number of esters is 1. The minimum absolute atomic E-state index is 0.0968. The molecule has 13 heavy (non-hydrogen) atoms. The summed E-state index contributed by atoms with van der Waals surface area (Å²) >= 11 is 0. The Kier molecular flexibility index (Phi) is 2.48. The lowest BCUT2D eigenvalue weighted by molar-refractivity contribution is -0.365. The lowest BCUT2D eigenvalue weighted by atomic mass is 9.77. The maximum atomic E-state index is 11.0. The molecular weight excluding hydrogens is 168 g/mol. The SMILES string of the molecule is C=CC(=O)OC1(CC)OCC1(C)C. The predicted octanol–water partition coefficient (Wildman–Crippen LogP) is 1.88. The molecule has 1 aliphatic heterocycles. The first-order valence-electron chi connectivity index (χ1n) is 4.47. The van der Waals surface area contributed by atoms with Gasteiger partial charge in [-0.05, 0) is 0 Å². The van der Waals surface area contributed by atoms with Crippen molar-refractivity contribution in [2.45, 2.75) is 33.0 Å². The molecule has 0 aromatic carbocycles. The maximum absolute atomic E-state index is 11.0. The molecule has 1 atom stereocenters. The van der Waals surface area contributed by atoms with E-state index in [1.54, 1.807) is 0 Å². The van der Waals surface area contributed by atoms with Gasteiger partial charge in [0.15, 0.2) is 0 Å². The number of rotatable bonds is 3. The summed E-state index contributed by atoms with van der Waals surface area (Å²) in [7, 11) is 0. The van der Waals surface area contributed by atoms with E-state index in [4.69, 9.17) is 9.47 Å². The molecule has 3 nitrogen and oxygen atoms in total. The highest BCUT2D eigenvalue weighted by molar-refractivity contribution is 5.81. The van der Waals surface area contributed by atoms with Crippen LogP contribution in [0.1, 0.15) is 27.2 Å². The summed E-state index contributed by atoms with van der Waals surface area (Å²) in [6, 6.07) is 0.